The molecule has 1 unspecified atom stereocenters. The van der Waals surface area contributed by atoms with Crippen LogP contribution in [0.25, 0.3) is 5.69 Å². The van der Waals surface area contributed by atoms with Crippen molar-refractivity contribution in [2.75, 3.05) is 7.05 Å². The van der Waals surface area contributed by atoms with Crippen molar-refractivity contribution in [1.29, 1.82) is 0 Å². The van der Waals surface area contributed by atoms with Crippen LogP contribution in [0.15, 0.2) is 35.7 Å². The minimum absolute atomic E-state index is 0.0935. The lowest BCUT2D eigenvalue weighted by Crippen LogP contribution is -2.18. The van der Waals surface area contributed by atoms with Crippen molar-refractivity contribution in [2.45, 2.75) is 5.16 Å². The lowest BCUT2D eigenvalue weighted by Gasteiger charge is -2.06. The third-order valence-electron chi connectivity index (χ3n) is 2.29. The highest BCUT2D eigenvalue weighted by molar-refractivity contribution is 7.79. The van der Waals surface area contributed by atoms with Crippen LogP contribution in [0.3, 0.4) is 0 Å². The number of carbonyl (C=O) groups is 1. The zero-order chi connectivity index (χ0) is 13.1. The lowest BCUT2D eigenvalue weighted by atomic mass is 10.2. The predicted octanol–water partition coefficient (Wildman–Crippen LogP) is 0.208. The number of benzene rings is 1. The number of hydrogen-bond acceptors (Lipinski definition) is 4. The molecular formula is C10H10N4O3S. The lowest BCUT2D eigenvalue weighted by molar-refractivity contribution is 0.0963. The van der Waals surface area contributed by atoms with Crippen LogP contribution in [0.2, 0.25) is 0 Å². The molecule has 2 rings (SSSR count). The van der Waals surface area contributed by atoms with E-state index in [9.17, 15) is 9.00 Å². The van der Waals surface area contributed by atoms with Gasteiger partial charge in [-0.05, 0) is 18.2 Å². The zero-order valence-electron chi connectivity index (χ0n) is 9.40. The summed E-state index contributed by atoms with van der Waals surface area (Å²) in [6.07, 6.45) is 1.31. The van der Waals surface area contributed by atoms with Gasteiger partial charge < -0.3 is 5.32 Å². The summed E-state index contributed by atoms with van der Waals surface area (Å²) in [6.45, 7) is 0. The molecule has 1 aromatic heterocycles. The molecule has 0 aliphatic carbocycles. The van der Waals surface area contributed by atoms with Crippen molar-refractivity contribution in [3.8, 4) is 5.69 Å². The Morgan fingerprint density at radius 1 is 1.50 bits per heavy atom. The summed E-state index contributed by atoms with van der Waals surface area (Å²) < 4.78 is 21.4. The molecule has 0 fully saturated rings. The highest BCUT2D eigenvalue weighted by Crippen LogP contribution is 2.13. The van der Waals surface area contributed by atoms with Crippen LogP contribution in [0.5, 0.6) is 0 Å². The monoisotopic (exact) mass is 266 g/mol. The van der Waals surface area contributed by atoms with Gasteiger partial charge in [0.2, 0.25) is 11.1 Å². The Morgan fingerprint density at radius 2 is 2.28 bits per heavy atom. The van der Waals surface area contributed by atoms with Crippen LogP contribution < -0.4 is 5.32 Å². The van der Waals surface area contributed by atoms with Gasteiger partial charge in [-0.1, -0.05) is 6.07 Å². The van der Waals surface area contributed by atoms with E-state index in [2.05, 4.69) is 15.5 Å². The van der Waals surface area contributed by atoms with Crippen molar-refractivity contribution < 1.29 is 13.6 Å². The van der Waals surface area contributed by atoms with Crippen molar-refractivity contribution >= 4 is 17.0 Å². The summed E-state index contributed by atoms with van der Waals surface area (Å²) in [7, 11) is 1.53. The number of nitrogens with one attached hydrogen (secondary N) is 1. The molecule has 1 amide bonds. The van der Waals surface area contributed by atoms with Crippen LogP contribution >= 0.6 is 0 Å². The summed E-state index contributed by atoms with van der Waals surface area (Å²) in [5.74, 6) is -0.239. The second-order valence-electron chi connectivity index (χ2n) is 3.36. The molecule has 94 valence electrons. The number of nitrogens with zero attached hydrogens (tertiary/aromatic N) is 3. The largest absolute Gasteiger partial charge is 0.355 e. The smallest absolute Gasteiger partial charge is 0.253 e. The van der Waals surface area contributed by atoms with Crippen molar-refractivity contribution in [1.82, 2.24) is 20.1 Å². The van der Waals surface area contributed by atoms with Crippen molar-refractivity contribution in [3.05, 3.63) is 36.2 Å². The Balaban J connectivity index is 2.48. The van der Waals surface area contributed by atoms with Crippen LogP contribution in [0, 0.1) is 0 Å². The van der Waals surface area contributed by atoms with Crippen LogP contribution in [0.4, 0.5) is 0 Å². The molecule has 0 spiro atoms. The predicted molar refractivity (Wildman–Crippen MR) is 63.8 cm³/mol. The first kappa shape index (κ1) is 12.4. The van der Waals surface area contributed by atoms with Gasteiger partial charge in [0.15, 0.2) is 0 Å². The average Bonchev–Trinajstić information content (AvgIpc) is 2.87. The molecule has 0 aliphatic heterocycles. The maximum Gasteiger partial charge on any atom is 0.253 e. The van der Waals surface area contributed by atoms with Gasteiger partial charge in [-0.15, -0.1) is 10.2 Å². The molecule has 2 N–H and O–H groups in total. The molecule has 2 aromatic rings. The maximum atomic E-state index is 11.5. The zero-order valence-corrected chi connectivity index (χ0v) is 10.2. The highest BCUT2D eigenvalue weighted by atomic mass is 32.2. The van der Waals surface area contributed by atoms with E-state index in [0.717, 1.165) is 0 Å². The first-order chi connectivity index (χ1) is 8.63. The average molecular weight is 266 g/mol. The van der Waals surface area contributed by atoms with Gasteiger partial charge in [0.25, 0.3) is 11.1 Å². The molecule has 1 aromatic carbocycles. The van der Waals surface area contributed by atoms with Crippen molar-refractivity contribution in [2.24, 2.45) is 0 Å². The van der Waals surface area contributed by atoms with E-state index in [4.69, 9.17) is 4.55 Å². The summed E-state index contributed by atoms with van der Waals surface area (Å²) in [5.41, 5.74) is 0.983. The molecule has 7 nitrogen and oxygen atoms in total. The molecule has 0 saturated carbocycles. The van der Waals surface area contributed by atoms with Gasteiger partial charge in [-0.3, -0.25) is 13.9 Å². The van der Waals surface area contributed by atoms with Crippen LogP contribution in [-0.2, 0) is 11.1 Å². The van der Waals surface area contributed by atoms with Crippen LogP contribution in [0.1, 0.15) is 10.4 Å². The Bertz CT molecular complexity index is 611. The van der Waals surface area contributed by atoms with Gasteiger partial charge >= 0.3 is 0 Å². The second kappa shape index (κ2) is 5.07. The van der Waals surface area contributed by atoms with E-state index in [-0.39, 0.29) is 11.1 Å². The fourth-order valence-corrected chi connectivity index (χ4v) is 1.90. The molecule has 1 atom stereocenters. The third-order valence-corrected chi connectivity index (χ3v) is 2.88. The maximum absolute atomic E-state index is 11.5. The normalized spacial score (nSPS) is 12.1. The van der Waals surface area contributed by atoms with E-state index in [0.29, 0.717) is 11.3 Å². The van der Waals surface area contributed by atoms with Crippen molar-refractivity contribution in [3.63, 3.8) is 0 Å². The van der Waals surface area contributed by atoms with Gasteiger partial charge in [0.1, 0.15) is 6.33 Å². The molecular weight excluding hydrogens is 256 g/mol. The van der Waals surface area contributed by atoms with E-state index in [1.807, 2.05) is 0 Å². The van der Waals surface area contributed by atoms with E-state index in [1.165, 1.54) is 17.9 Å². The molecule has 0 saturated heterocycles. The first-order valence-electron chi connectivity index (χ1n) is 4.97. The van der Waals surface area contributed by atoms with Gasteiger partial charge in [0, 0.05) is 12.6 Å². The molecule has 18 heavy (non-hydrogen) atoms. The quantitative estimate of drug-likeness (QED) is 0.774. The molecule has 0 bridgehead atoms. The molecule has 1 heterocycles. The second-order valence-corrected chi connectivity index (χ2v) is 4.23. The molecule has 8 heteroatoms. The first-order valence-corrected chi connectivity index (χ1v) is 6.07. The number of rotatable bonds is 3. The minimum atomic E-state index is -2.24. The summed E-state index contributed by atoms with van der Waals surface area (Å²) in [5, 5.41) is 9.53. The highest BCUT2D eigenvalue weighted by Gasteiger charge is 2.12. The number of hydrogen-bond donors (Lipinski definition) is 2. The van der Waals surface area contributed by atoms with Crippen LogP contribution in [-0.4, -0.2) is 36.5 Å². The summed E-state index contributed by atoms with van der Waals surface area (Å²) >= 11 is -2.24. The van der Waals surface area contributed by atoms with Gasteiger partial charge in [-0.2, -0.15) is 0 Å². The number of aromatic nitrogens is 3. The Morgan fingerprint density at radius 3 is 2.94 bits per heavy atom. The summed E-state index contributed by atoms with van der Waals surface area (Å²) in [6, 6.07) is 6.58. The Labute approximate surface area is 105 Å². The van der Waals surface area contributed by atoms with Gasteiger partial charge in [-0.25, -0.2) is 4.21 Å². The van der Waals surface area contributed by atoms with E-state index >= 15 is 0 Å². The Hall–Kier alpha value is -2.06. The topological polar surface area (TPSA) is 97.1 Å². The van der Waals surface area contributed by atoms with E-state index in [1.54, 1.807) is 24.3 Å². The SMILES string of the molecule is CNC(=O)c1cccc(-n2cnnc2S(=O)O)c1. The third kappa shape index (κ3) is 2.29. The number of amides is 1. The molecule has 0 aliphatic rings. The molecule has 0 radical (unpaired) electrons. The van der Waals surface area contributed by atoms with Gasteiger partial charge in [0.05, 0.1) is 5.69 Å². The fraction of sp³-hybridized carbons (Fsp3) is 0.100. The summed E-state index contributed by atoms with van der Waals surface area (Å²) in [4.78, 5) is 11.5. The van der Waals surface area contributed by atoms with E-state index < -0.39 is 11.1 Å². The Kier molecular flexibility index (Phi) is 3.49. The fourth-order valence-electron chi connectivity index (χ4n) is 1.46. The standard InChI is InChI=1S/C10H10N4O3S/c1-11-9(15)7-3-2-4-8(5-7)14-6-12-13-10(14)18(16)17/h2-6H,1H3,(H,11,15)(H,16,17). The number of carbonyl (C=O) groups excluding carboxylic acids is 1. The minimum Gasteiger partial charge on any atom is -0.355 e.